The predicted octanol–water partition coefficient (Wildman–Crippen LogP) is 2.20. The summed E-state index contributed by atoms with van der Waals surface area (Å²) in [5, 5.41) is 2.68. The van der Waals surface area contributed by atoms with Crippen molar-refractivity contribution in [2.45, 2.75) is 13.3 Å². The van der Waals surface area contributed by atoms with Crippen molar-refractivity contribution in [1.82, 2.24) is 4.90 Å². The van der Waals surface area contributed by atoms with E-state index < -0.39 is 0 Å². The van der Waals surface area contributed by atoms with Crippen molar-refractivity contribution in [3.63, 3.8) is 0 Å². The second-order valence-corrected chi connectivity index (χ2v) is 5.95. The second kappa shape index (κ2) is 8.28. The summed E-state index contributed by atoms with van der Waals surface area (Å²) in [5.41, 5.74) is 1.38. The molecule has 1 saturated heterocycles. The number of hydrogen-bond donors (Lipinski definition) is 1. The van der Waals surface area contributed by atoms with E-state index in [4.69, 9.17) is 0 Å². The molecular formula is C19H23N3O3. The Morgan fingerprint density at radius 2 is 1.84 bits per heavy atom. The molecule has 1 N–H and O–H groups in total. The zero-order chi connectivity index (χ0) is 18.4. The lowest BCUT2D eigenvalue weighted by Gasteiger charge is -2.23. The summed E-state index contributed by atoms with van der Waals surface area (Å²) < 4.78 is 0. The van der Waals surface area contributed by atoms with E-state index in [1.54, 1.807) is 46.2 Å². The highest BCUT2D eigenvalue weighted by atomic mass is 16.2. The molecule has 6 heteroatoms. The summed E-state index contributed by atoms with van der Waals surface area (Å²) in [5.74, 6) is -0.670. The maximum Gasteiger partial charge on any atom is 0.228 e. The average molecular weight is 341 g/mol. The van der Waals surface area contributed by atoms with Gasteiger partial charge in [0.15, 0.2) is 0 Å². The third kappa shape index (κ3) is 4.56. The van der Waals surface area contributed by atoms with Gasteiger partial charge in [-0.1, -0.05) is 12.2 Å². The molecule has 2 rings (SSSR count). The van der Waals surface area contributed by atoms with Crippen LogP contribution in [0, 0.1) is 5.92 Å². The van der Waals surface area contributed by atoms with E-state index in [0.717, 1.165) is 0 Å². The van der Waals surface area contributed by atoms with Crippen LogP contribution in [0.25, 0.3) is 0 Å². The smallest absolute Gasteiger partial charge is 0.228 e. The Bertz CT molecular complexity index is 672. The summed E-state index contributed by atoms with van der Waals surface area (Å²) in [4.78, 5) is 39.3. The number of amides is 3. The monoisotopic (exact) mass is 341 g/mol. The van der Waals surface area contributed by atoms with E-state index in [1.165, 1.54) is 6.92 Å². The first kappa shape index (κ1) is 18.4. The van der Waals surface area contributed by atoms with Crippen LogP contribution in [0.5, 0.6) is 0 Å². The molecule has 0 spiro atoms. The molecule has 1 atom stereocenters. The van der Waals surface area contributed by atoms with Crippen LogP contribution in [0.3, 0.4) is 0 Å². The molecule has 0 unspecified atom stereocenters. The van der Waals surface area contributed by atoms with Crippen molar-refractivity contribution < 1.29 is 14.4 Å². The predicted molar refractivity (Wildman–Crippen MR) is 98.2 cm³/mol. The molecule has 1 aromatic carbocycles. The number of carbonyl (C=O) groups is 3. The fourth-order valence-electron chi connectivity index (χ4n) is 2.87. The number of carbonyl (C=O) groups excluding carboxylic acids is 3. The largest absolute Gasteiger partial charge is 0.335 e. The molecular weight excluding hydrogens is 318 g/mol. The molecule has 0 aliphatic carbocycles. The lowest BCUT2D eigenvalue weighted by atomic mass is 10.1. The molecule has 0 saturated carbocycles. The van der Waals surface area contributed by atoms with Gasteiger partial charge in [0, 0.05) is 44.4 Å². The van der Waals surface area contributed by atoms with Crippen molar-refractivity contribution >= 4 is 29.1 Å². The Morgan fingerprint density at radius 1 is 1.24 bits per heavy atom. The van der Waals surface area contributed by atoms with Crippen molar-refractivity contribution in [3.8, 4) is 0 Å². The summed E-state index contributed by atoms with van der Waals surface area (Å²) in [7, 11) is 0. The van der Waals surface area contributed by atoms with Gasteiger partial charge in [0.25, 0.3) is 0 Å². The molecule has 1 fully saturated rings. The molecule has 1 aliphatic rings. The maximum absolute atomic E-state index is 12.6. The fourth-order valence-corrected chi connectivity index (χ4v) is 2.87. The average Bonchev–Trinajstić information content (AvgIpc) is 2.96. The zero-order valence-corrected chi connectivity index (χ0v) is 14.4. The van der Waals surface area contributed by atoms with Crippen LogP contribution in [0.4, 0.5) is 11.4 Å². The number of nitrogens with one attached hydrogen (secondary N) is 1. The molecule has 6 nitrogen and oxygen atoms in total. The minimum atomic E-state index is -0.373. The molecule has 1 heterocycles. The minimum absolute atomic E-state index is 0.0643. The van der Waals surface area contributed by atoms with Crippen LogP contribution in [-0.2, 0) is 14.4 Å². The summed E-state index contributed by atoms with van der Waals surface area (Å²) >= 11 is 0. The van der Waals surface area contributed by atoms with Crippen LogP contribution < -0.4 is 10.2 Å². The van der Waals surface area contributed by atoms with Crippen LogP contribution in [-0.4, -0.2) is 42.3 Å². The molecule has 0 radical (unpaired) electrons. The summed E-state index contributed by atoms with van der Waals surface area (Å²) in [6.45, 7) is 9.97. The van der Waals surface area contributed by atoms with Gasteiger partial charge in [-0.3, -0.25) is 14.4 Å². The standard InChI is InChI=1S/C19H23N3O3/c1-4-10-21(11-5-2)19(25)15-12-18(24)22(13-15)17-8-6-16(7-9-17)20-14(3)23/h4-9,15H,1-2,10-13H2,3H3,(H,20,23)/t15-/m0/s1. The Labute approximate surface area is 147 Å². The van der Waals surface area contributed by atoms with Gasteiger partial charge in [-0.2, -0.15) is 0 Å². The molecule has 0 bridgehead atoms. The van der Waals surface area contributed by atoms with E-state index in [2.05, 4.69) is 18.5 Å². The van der Waals surface area contributed by atoms with Gasteiger partial charge in [-0.15, -0.1) is 13.2 Å². The van der Waals surface area contributed by atoms with Gasteiger partial charge in [0.1, 0.15) is 0 Å². The minimum Gasteiger partial charge on any atom is -0.335 e. The first-order valence-electron chi connectivity index (χ1n) is 8.14. The second-order valence-electron chi connectivity index (χ2n) is 5.95. The first-order chi connectivity index (χ1) is 12.0. The lowest BCUT2D eigenvalue weighted by Crippen LogP contribution is -2.37. The SMILES string of the molecule is C=CCN(CC=C)C(=O)[C@H]1CC(=O)N(c2ccc(NC(C)=O)cc2)C1. The number of anilines is 2. The Kier molecular flexibility index (Phi) is 6.11. The molecule has 3 amide bonds. The van der Waals surface area contributed by atoms with Gasteiger partial charge in [-0.05, 0) is 24.3 Å². The number of benzene rings is 1. The third-order valence-corrected chi connectivity index (χ3v) is 3.98. The highest BCUT2D eigenvalue weighted by molar-refractivity contribution is 6.00. The van der Waals surface area contributed by atoms with Crippen LogP contribution >= 0.6 is 0 Å². The van der Waals surface area contributed by atoms with Gasteiger partial charge in [-0.25, -0.2) is 0 Å². The van der Waals surface area contributed by atoms with Crippen molar-refractivity contribution in [1.29, 1.82) is 0 Å². The zero-order valence-electron chi connectivity index (χ0n) is 14.4. The Morgan fingerprint density at radius 3 is 2.36 bits per heavy atom. The highest BCUT2D eigenvalue weighted by Crippen LogP contribution is 2.27. The maximum atomic E-state index is 12.6. The molecule has 1 aromatic rings. The third-order valence-electron chi connectivity index (χ3n) is 3.98. The van der Waals surface area contributed by atoms with E-state index in [0.29, 0.717) is 31.0 Å². The van der Waals surface area contributed by atoms with Crippen LogP contribution in [0.2, 0.25) is 0 Å². The summed E-state index contributed by atoms with van der Waals surface area (Å²) in [6.07, 6.45) is 3.52. The normalized spacial score (nSPS) is 16.4. The van der Waals surface area contributed by atoms with Gasteiger partial charge >= 0.3 is 0 Å². The molecule has 25 heavy (non-hydrogen) atoms. The van der Waals surface area contributed by atoms with Crippen LogP contribution in [0.15, 0.2) is 49.6 Å². The van der Waals surface area contributed by atoms with Gasteiger partial charge in [0.2, 0.25) is 17.7 Å². The van der Waals surface area contributed by atoms with E-state index in [1.807, 2.05) is 0 Å². The first-order valence-corrected chi connectivity index (χ1v) is 8.14. The molecule has 132 valence electrons. The van der Waals surface area contributed by atoms with E-state index in [-0.39, 0.29) is 30.1 Å². The van der Waals surface area contributed by atoms with Crippen molar-refractivity contribution in [2.24, 2.45) is 5.92 Å². The van der Waals surface area contributed by atoms with E-state index in [9.17, 15) is 14.4 Å². The Balaban J connectivity index is 2.08. The quantitative estimate of drug-likeness (QED) is 0.773. The van der Waals surface area contributed by atoms with Crippen molar-refractivity contribution in [3.05, 3.63) is 49.6 Å². The van der Waals surface area contributed by atoms with Crippen molar-refractivity contribution in [2.75, 3.05) is 29.9 Å². The van der Waals surface area contributed by atoms with Crippen LogP contribution in [0.1, 0.15) is 13.3 Å². The Hall–Kier alpha value is -2.89. The molecule has 0 aromatic heterocycles. The fraction of sp³-hybridized carbons (Fsp3) is 0.316. The van der Waals surface area contributed by atoms with Gasteiger partial charge in [0.05, 0.1) is 5.92 Å². The number of rotatable bonds is 7. The lowest BCUT2D eigenvalue weighted by molar-refractivity contribution is -0.134. The van der Waals surface area contributed by atoms with E-state index >= 15 is 0 Å². The topological polar surface area (TPSA) is 69.7 Å². The van der Waals surface area contributed by atoms with Gasteiger partial charge < -0.3 is 15.1 Å². The highest BCUT2D eigenvalue weighted by Gasteiger charge is 2.36. The summed E-state index contributed by atoms with van der Waals surface area (Å²) in [6, 6.07) is 7.00. The number of nitrogens with zero attached hydrogens (tertiary/aromatic N) is 2. The molecule has 1 aliphatic heterocycles. The number of hydrogen-bond acceptors (Lipinski definition) is 3.